The number of amides is 1. The van der Waals surface area contributed by atoms with E-state index < -0.39 is 0 Å². The summed E-state index contributed by atoms with van der Waals surface area (Å²) in [4.78, 5) is 35.7. The lowest BCUT2D eigenvalue weighted by Crippen LogP contribution is -2.38. The number of aromatic nitrogens is 4. The molecule has 3 aromatic rings. The van der Waals surface area contributed by atoms with E-state index in [1.165, 1.54) is 15.9 Å². The van der Waals surface area contributed by atoms with Crippen molar-refractivity contribution in [3.8, 4) is 0 Å². The van der Waals surface area contributed by atoms with Gasteiger partial charge >= 0.3 is 0 Å². The predicted molar refractivity (Wildman–Crippen MR) is 90.5 cm³/mol. The van der Waals surface area contributed by atoms with Gasteiger partial charge in [-0.1, -0.05) is 0 Å². The first-order valence-corrected chi connectivity index (χ1v) is 8.77. The second-order valence-electron chi connectivity index (χ2n) is 6.08. The molecule has 1 aliphatic heterocycles. The lowest BCUT2D eigenvalue weighted by atomic mass is 9.93. The van der Waals surface area contributed by atoms with Crippen LogP contribution in [0.3, 0.4) is 0 Å². The van der Waals surface area contributed by atoms with Crippen LogP contribution in [-0.4, -0.2) is 43.5 Å². The molecule has 4 heterocycles. The molecule has 1 saturated heterocycles. The largest absolute Gasteiger partial charge is 0.338 e. The molecule has 1 aliphatic rings. The van der Waals surface area contributed by atoms with Gasteiger partial charge in [0.25, 0.3) is 11.5 Å². The van der Waals surface area contributed by atoms with Gasteiger partial charge in [0.2, 0.25) is 0 Å². The van der Waals surface area contributed by atoms with Crippen molar-refractivity contribution in [2.45, 2.75) is 25.7 Å². The van der Waals surface area contributed by atoms with E-state index in [4.69, 9.17) is 0 Å². The van der Waals surface area contributed by atoms with Crippen molar-refractivity contribution in [3.63, 3.8) is 0 Å². The van der Waals surface area contributed by atoms with Gasteiger partial charge in [0.15, 0.2) is 5.65 Å². The zero-order valence-electron chi connectivity index (χ0n) is 13.2. The summed E-state index contributed by atoms with van der Waals surface area (Å²) >= 11 is 1.37. The van der Waals surface area contributed by atoms with E-state index in [1.54, 1.807) is 17.8 Å². The molecule has 0 spiro atoms. The lowest BCUT2D eigenvalue weighted by Gasteiger charge is -2.31. The summed E-state index contributed by atoms with van der Waals surface area (Å²) in [6, 6.07) is 3.47. The summed E-state index contributed by atoms with van der Waals surface area (Å²) in [5.74, 6) is 0.254. The molecule has 0 atom stereocenters. The number of likely N-dealkylation sites (tertiary alicyclic amines) is 1. The summed E-state index contributed by atoms with van der Waals surface area (Å²) in [6.07, 6.45) is 3.25. The first-order chi connectivity index (χ1) is 11.6. The maximum absolute atomic E-state index is 12.4. The number of H-pyrrole nitrogens is 1. The number of carbonyl (C=O) groups excluding carboxylic acids is 1. The topological polar surface area (TPSA) is 83.4 Å². The predicted octanol–water partition coefficient (Wildman–Crippen LogP) is 1.81. The van der Waals surface area contributed by atoms with Crippen molar-refractivity contribution in [3.05, 3.63) is 50.5 Å². The summed E-state index contributed by atoms with van der Waals surface area (Å²) in [5.41, 5.74) is 3.96. The number of piperidine rings is 1. The molecule has 8 heteroatoms. The summed E-state index contributed by atoms with van der Waals surface area (Å²) in [6.45, 7) is 3.25. The van der Waals surface area contributed by atoms with Gasteiger partial charge in [-0.25, -0.2) is 9.50 Å². The SMILES string of the molecule is Cc1cc2nc(C3CCN(C(=O)c4cncs4)CC3)cc(=O)n2[nH]1. The highest BCUT2D eigenvalue weighted by Crippen LogP contribution is 2.27. The number of rotatable bonds is 2. The number of hydrogen-bond donors (Lipinski definition) is 1. The number of nitrogens with zero attached hydrogens (tertiary/aromatic N) is 4. The monoisotopic (exact) mass is 343 g/mol. The van der Waals surface area contributed by atoms with E-state index in [2.05, 4.69) is 15.1 Å². The second-order valence-corrected chi connectivity index (χ2v) is 6.97. The molecular weight excluding hydrogens is 326 g/mol. The van der Waals surface area contributed by atoms with Gasteiger partial charge in [0, 0.05) is 36.8 Å². The lowest BCUT2D eigenvalue weighted by molar-refractivity contribution is 0.0716. The van der Waals surface area contributed by atoms with Crippen LogP contribution in [-0.2, 0) is 0 Å². The third kappa shape index (κ3) is 2.62. The van der Waals surface area contributed by atoms with Gasteiger partial charge in [0.1, 0.15) is 4.88 Å². The van der Waals surface area contributed by atoms with E-state index in [9.17, 15) is 9.59 Å². The fraction of sp³-hybridized carbons (Fsp3) is 0.375. The maximum Gasteiger partial charge on any atom is 0.272 e. The Morgan fingerprint density at radius 3 is 2.83 bits per heavy atom. The van der Waals surface area contributed by atoms with E-state index in [1.807, 2.05) is 17.9 Å². The molecule has 0 aromatic carbocycles. The minimum atomic E-state index is -0.0914. The van der Waals surface area contributed by atoms with Crippen LogP contribution in [0, 0.1) is 6.92 Å². The Balaban J connectivity index is 1.51. The van der Waals surface area contributed by atoms with Crippen LogP contribution in [0.2, 0.25) is 0 Å². The highest BCUT2D eigenvalue weighted by atomic mass is 32.1. The maximum atomic E-state index is 12.4. The van der Waals surface area contributed by atoms with Crippen molar-refractivity contribution in [1.82, 2.24) is 24.5 Å². The smallest absolute Gasteiger partial charge is 0.272 e. The van der Waals surface area contributed by atoms with Gasteiger partial charge in [-0.3, -0.25) is 19.7 Å². The number of aromatic amines is 1. The normalized spacial score (nSPS) is 16.0. The number of thiazole rings is 1. The Morgan fingerprint density at radius 1 is 1.33 bits per heavy atom. The number of nitrogens with one attached hydrogen (secondary N) is 1. The average molecular weight is 343 g/mol. The minimum Gasteiger partial charge on any atom is -0.338 e. The average Bonchev–Trinajstić information content (AvgIpc) is 3.23. The van der Waals surface area contributed by atoms with E-state index >= 15 is 0 Å². The van der Waals surface area contributed by atoms with Crippen LogP contribution >= 0.6 is 11.3 Å². The number of carbonyl (C=O) groups is 1. The zero-order valence-corrected chi connectivity index (χ0v) is 14.0. The van der Waals surface area contributed by atoms with Crippen molar-refractivity contribution < 1.29 is 4.79 Å². The Labute approximate surface area is 142 Å². The molecule has 24 heavy (non-hydrogen) atoms. The summed E-state index contributed by atoms with van der Waals surface area (Å²) in [5, 5.41) is 2.98. The number of fused-ring (bicyclic) bond motifs is 1. The van der Waals surface area contributed by atoms with Gasteiger partial charge in [0.05, 0.1) is 17.4 Å². The van der Waals surface area contributed by atoms with E-state index in [0.717, 1.165) is 24.2 Å². The van der Waals surface area contributed by atoms with E-state index in [0.29, 0.717) is 23.6 Å². The fourth-order valence-electron chi connectivity index (χ4n) is 3.19. The summed E-state index contributed by atoms with van der Waals surface area (Å²) in [7, 11) is 0. The molecular formula is C16H17N5O2S. The van der Waals surface area contributed by atoms with Crippen LogP contribution in [0.1, 0.15) is 39.8 Å². The molecule has 0 radical (unpaired) electrons. The van der Waals surface area contributed by atoms with Crippen molar-refractivity contribution >= 4 is 22.9 Å². The Hall–Kier alpha value is -2.48. The fourth-order valence-corrected chi connectivity index (χ4v) is 3.78. The van der Waals surface area contributed by atoms with Crippen LogP contribution in [0.4, 0.5) is 0 Å². The molecule has 7 nitrogen and oxygen atoms in total. The third-order valence-electron chi connectivity index (χ3n) is 4.44. The van der Waals surface area contributed by atoms with Gasteiger partial charge in [-0.2, -0.15) is 0 Å². The van der Waals surface area contributed by atoms with E-state index in [-0.39, 0.29) is 17.4 Å². The van der Waals surface area contributed by atoms with Crippen LogP contribution < -0.4 is 5.56 Å². The molecule has 1 amide bonds. The van der Waals surface area contributed by atoms with Gasteiger partial charge in [-0.05, 0) is 19.8 Å². The molecule has 124 valence electrons. The first-order valence-electron chi connectivity index (χ1n) is 7.89. The van der Waals surface area contributed by atoms with Crippen molar-refractivity contribution in [2.24, 2.45) is 0 Å². The Morgan fingerprint density at radius 2 is 2.12 bits per heavy atom. The molecule has 1 fully saturated rings. The first kappa shape index (κ1) is 15.1. The quantitative estimate of drug-likeness (QED) is 0.769. The number of aryl methyl sites for hydroxylation is 1. The van der Waals surface area contributed by atoms with Crippen molar-refractivity contribution in [2.75, 3.05) is 13.1 Å². The molecule has 0 saturated carbocycles. The van der Waals surface area contributed by atoms with Gasteiger partial charge in [-0.15, -0.1) is 11.3 Å². The molecule has 3 aromatic heterocycles. The molecule has 1 N–H and O–H groups in total. The van der Waals surface area contributed by atoms with Crippen molar-refractivity contribution in [1.29, 1.82) is 0 Å². The second kappa shape index (κ2) is 5.86. The summed E-state index contributed by atoms with van der Waals surface area (Å²) < 4.78 is 1.46. The molecule has 4 rings (SSSR count). The van der Waals surface area contributed by atoms with Crippen LogP contribution in [0.25, 0.3) is 5.65 Å². The standard InChI is InChI=1S/C16H17N5O2S/c1-10-6-14-18-12(7-15(22)21(14)19-10)11-2-4-20(5-3-11)16(23)13-8-17-9-24-13/h6-9,11,19H,2-5H2,1H3. The zero-order chi connectivity index (χ0) is 16.7. The molecule has 0 unspecified atom stereocenters. The Bertz CT molecular complexity index is 935. The molecule has 0 bridgehead atoms. The van der Waals surface area contributed by atoms with Crippen LogP contribution in [0.5, 0.6) is 0 Å². The Kier molecular flexibility index (Phi) is 3.68. The third-order valence-corrected chi connectivity index (χ3v) is 5.20. The van der Waals surface area contributed by atoms with Crippen LogP contribution in [0.15, 0.2) is 28.6 Å². The highest BCUT2D eigenvalue weighted by Gasteiger charge is 2.26. The number of hydrogen-bond acceptors (Lipinski definition) is 5. The van der Waals surface area contributed by atoms with Gasteiger partial charge < -0.3 is 4.90 Å². The molecule has 0 aliphatic carbocycles. The highest BCUT2D eigenvalue weighted by molar-refractivity contribution is 7.11. The minimum absolute atomic E-state index is 0.0423.